The molecule has 0 N–H and O–H groups in total. The predicted molar refractivity (Wildman–Crippen MR) is 112 cm³/mol. The number of ketones is 1. The first-order chi connectivity index (χ1) is 12.8. The van der Waals surface area contributed by atoms with Gasteiger partial charge in [-0.3, -0.25) is 4.79 Å². The first kappa shape index (κ1) is 22.7. The Kier molecular flexibility index (Phi) is 13.9. The SMILES string of the molecule is CCCCCCCCCCCCCCCC(=O)Cc1ccc(OC)cc1. The van der Waals surface area contributed by atoms with Gasteiger partial charge in [0.15, 0.2) is 0 Å². The van der Waals surface area contributed by atoms with E-state index in [1.165, 1.54) is 77.0 Å². The number of carbonyl (C=O) groups is 1. The molecule has 0 aliphatic heterocycles. The highest BCUT2D eigenvalue weighted by Gasteiger charge is 2.04. The topological polar surface area (TPSA) is 26.3 Å². The monoisotopic (exact) mass is 360 g/mol. The van der Waals surface area contributed by atoms with Crippen LogP contribution >= 0.6 is 0 Å². The largest absolute Gasteiger partial charge is 0.497 e. The summed E-state index contributed by atoms with van der Waals surface area (Å²) in [6, 6.07) is 7.82. The summed E-state index contributed by atoms with van der Waals surface area (Å²) in [4.78, 5) is 12.0. The Balaban J connectivity index is 1.88. The van der Waals surface area contributed by atoms with Crippen LogP contribution in [0.5, 0.6) is 5.75 Å². The van der Waals surface area contributed by atoms with Gasteiger partial charge in [0, 0.05) is 12.8 Å². The molecule has 0 aliphatic carbocycles. The van der Waals surface area contributed by atoms with E-state index in [0.29, 0.717) is 12.2 Å². The summed E-state index contributed by atoms with van der Waals surface area (Å²) in [6.07, 6.45) is 18.8. The van der Waals surface area contributed by atoms with E-state index in [0.717, 1.165) is 24.2 Å². The van der Waals surface area contributed by atoms with E-state index in [-0.39, 0.29) is 0 Å². The van der Waals surface area contributed by atoms with Crippen LogP contribution in [-0.4, -0.2) is 12.9 Å². The molecule has 2 nitrogen and oxygen atoms in total. The van der Waals surface area contributed by atoms with Gasteiger partial charge in [-0.05, 0) is 24.1 Å². The predicted octanol–water partition coefficient (Wildman–Crippen LogP) is 7.29. The van der Waals surface area contributed by atoms with E-state index >= 15 is 0 Å². The Morgan fingerprint density at radius 1 is 0.731 bits per heavy atom. The first-order valence-corrected chi connectivity index (χ1v) is 10.9. The van der Waals surface area contributed by atoms with E-state index in [4.69, 9.17) is 4.74 Å². The average molecular weight is 361 g/mol. The van der Waals surface area contributed by atoms with Gasteiger partial charge in [-0.15, -0.1) is 0 Å². The van der Waals surface area contributed by atoms with Crippen molar-refractivity contribution >= 4 is 5.78 Å². The first-order valence-electron chi connectivity index (χ1n) is 10.9. The lowest BCUT2D eigenvalue weighted by molar-refractivity contribution is -0.118. The number of hydrogen-bond acceptors (Lipinski definition) is 2. The third kappa shape index (κ3) is 12.1. The van der Waals surface area contributed by atoms with Crippen molar-refractivity contribution < 1.29 is 9.53 Å². The van der Waals surface area contributed by atoms with Gasteiger partial charge in [-0.2, -0.15) is 0 Å². The maximum atomic E-state index is 12.0. The van der Waals surface area contributed by atoms with Crippen molar-refractivity contribution in [1.82, 2.24) is 0 Å². The van der Waals surface area contributed by atoms with Gasteiger partial charge < -0.3 is 4.74 Å². The molecule has 148 valence electrons. The molecule has 0 aromatic heterocycles. The zero-order valence-corrected chi connectivity index (χ0v) is 17.2. The lowest BCUT2D eigenvalue weighted by Gasteiger charge is -2.04. The number of ether oxygens (including phenoxy) is 1. The lowest BCUT2D eigenvalue weighted by atomic mass is 10.0. The number of methoxy groups -OCH3 is 1. The van der Waals surface area contributed by atoms with Crippen LogP contribution < -0.4 is 4.74 Å². The van der Waals surface area contributed by atoms with Crippen molar-refractivity contribution in [2.24, 2.45) is 0 Å². The van der Waals surface area contributed by atoms with Gasteiger partial charge in [0.25, 0.3) is 0 Å². The van der Waals surface area contributed by atoms with Gasteiger partial charge in [0.1, 0.15) is 11.5 Å². The molecule has 0 spiro atoms. The van der Waals surface area contributed by atoms with Crippen molar-refractivity contribution in [2.75, 3.05) is 7.11 Å². The summed E-state index contributed by atoms with van der Waals surface area (Å²) in [6.45, 7) is 2.27. The second-order valence-electron chi connectivity index (χ2n) is 7.56. The summed E-state index contributed by atoms with van der Waals surface area (Å²) in [5.74, 6) is 1.20. The smallest absolute Gasteiger partial charge is 0.137 e. The minimum absolute atomic E-state index is 0.359. The van der Waals surface area contributed by atoms with E-state index in [9.17, 15) is 4.79 Å². The van der Waals surface area contributed by atoms with Crippen LogP contribution in [0.15, 0.2) is 24.3 Å². The molecule has 0 amide bonds. The zero-order chi connectivity index (χ0) is 18.9. The summed E-state index contributed by atoms with van der Waals surface area (Å²) in [7, 11) is 1.66. The van der Waals surface area contributed by atoms with Crippen LogP contribution in [0.25, 0.3) is 0 Å². The summed E-state index contributed by atoms with van der Waals surface area (Å²) < 4.78 is 5.14. The number of Topliss-reactive ketones (excluding diaryl/α,β-unsaturated/α-hetero) is 1. The molecule has 0 atom stereocenters. The Morgan fingerprint density at radius 3 is 1.65 bits per heavy atom. The fourth-order valence-electron chi connectivity index (χ4n) is 3.40. The molecule has 0 saturated carbocycles. The molecule has 0 unspecified atom stereocenters. The second-order valence-corrected chi connectivity index (χ2v) is 7.56. The number of hydrogen-bond donors (Lipinski definition) is 0. The Bertz CT molecular complexity index is 450. The highest BCUT2D eigenvalue weighted by Crippen LogP contribution is 2.15. The molecule has 2 heteroatoms. The van der Waals surface area contributed by atoms with Crippen LogP contribution in [-0.2, 0) is 11.2 Å². The van der Waals surface area contributed by atoms with Crippen molar-refractivity contribution in [3.8, 4) is 5.75 Å². The van der Waals surface area contributed by atoms with Crippen LogP contribution in [0.4, 0.5) is 0 Å². The van der Waals surface area contributed by atoms with E-state index < -0.39 is 0 Å². The number of unbranched alkanes of at least 4 members (excludes halogenated alkanes) is 12. The summed E-state index contributed by atoms with van der Waals surface area (Å²) >= 11 is 0. The highest BCUT2D eigenvalue weighted by molar-refractivity contribution is 5.80. The molecular formula is C24H40O2. The molecule has 1 aromatic carbocycles. The molecule has 0 heterocycles. The van der Waals surface area contributed by atoms with Crippen LogP contribution in [0.1, 0.15) is 102 Å². The maximum absolute atomic E-state index is 12.0. The normalized spacial score (nSPS) is 10.8. The molecule has 0 fully saturated rings. The van der Waals surface area contributed by atoms with Gasteiger partial charge in [-0.25, -0.2) is 0 Å². The van der Waals surface area contributed by atoms with Gasteiger partial charge in [-0.1, -0.05) is 96.1 Å². The minimum Gasteiger partial charge on any atom is -0.497 e. The van der Waals surface area contributed by atoms with Gasteiger partial charge >= 0.3 is 0 Å². The van der Waals surface area contributed by atoms with Crippen molar-refractivity contribution in [2.45, 2.75) is 103 Å². The van der Waals surface area contributed by atoms with Crippen LogP contribution in [0.2, 0.25) is 0 Å². The standard InChI is InChI=1S/C24H40O2/c1-3-4-5-6-7-8-9-10-11-12-13-14-15-16-23(25)21-22-17-19-24(26-2)20-18-22/h17-20H,3-16,21H2,1-2H3. The molecule has 26 heavy (non-hydrogen) atoms. The Labute approximate surface area is 161 Å². The average Bonchev–Trinajstić information content (AvgIpc) is 2.66. The zero-order valence-electron chi connectivity index (χ0n) is 17.2. The van der Waals surface area contributed by atoms with Crippen molar-refractivity contribution in [3.05, 3.63) is 29.8 Å². The van der Waals surface area contributed by atoms with Gasteiger partial charge in [0.2, 0.25) is 0 Å². The Hall–Kier alpha value is -1.31. The number of rotatable bonds is 17. The number of benzene rings is 1. The second kappa shape index (κ2) is 15.9. The Morgan fingerprint density at radius 2 is 1.19 bits per heavy atom. The quantitative estimate of drug-likeness (QED) is 0.273. The van der Waals surface area contributed by atoms with Crippen LogP contribution in [0, 0.1) is 0 Å². The number of carbonyl (C=O) groups excluding carboxylic acids is 1. The molecule has 0 bridgehead atoms. The molecule has 0 radical (unpaired) electrons. The van der Waals surface area contributed by atoms with E-state index in [1.807, 2.05) is 24.3 Å². The fraction of sp³-hybridized carbons (Fsp3) is 0.708. The molecule has 0 aliphatic rings. The summed E-state index contributed by atoms with van der Waals surface area (Å²) in [5.41, 5.74) is 1.09. The third-order valence-electron chi connectivity index (χ3n) is 5.12. The van der Waals surface area contributed by atoms with Crippen molar-refractivity contribution in [1.29, 1.82) is 0 Å². The van der Waals surface area contributed by atoms with E-state index in [2.05, 4.69) is 6.92 Å². The lowest BCUT2D eigenvalue weighted by Crippen LogP contribution is -2.02. The summed E-state index contributed by atoms with van der Waals surface area (Å²) in [5, 5.41) is 0. The highest BCUT2D eigenvalue weighted by atomic mass is 16.5. The molecule has 0 saturated heterocycles. The molecule has 1 rings (SSSR count). The molecular weight excluding hydrogens is 320 g/mol. The molecule has 1 aromatic rings. The van der Waals surface area contributed by atoms with Gasteiger partial charge in [0.05, 0.1) is 7.11 Å². The van der Waals surface area contributed by atoms with Crippen LogP contribution in [0.3, 0.4) is 0 Å². The minimum atomic E-state index is 0.359. The maximum Gasteiger partial charge on any atom is 0.137 e. The van der Waals surface area contributed by atoms with Crippen molar-refractivity contribution in [3.63, 3.8) is 0 Å². The van der Waals surface area contributed by atoms with E-state index in [1.54, 1.807) is 7.11 Å². The third-order valence-corrected chi connectivity index (χ3v) is 5.12. The fourth-order valence-corrected chi connectivity index (χ4v) is 3.40.